The summed E-state index contributed by atoms with van der Waals surface area (Å²) in [6, 6.07) is 8.33. The van der Waals surface area contributed by atoms with Crippen LogP contribution in [0.5, 0.6) is 5.75 Å². The second-order valence-electron chi connectivity index (χ2n) is 6.68. The van der Waals surface area contributed by atoms with Crippen LogP contribution in [-0.4, -0.2) is 72.6 Å². The number of hydrogen-bond acceptors (Lipinski definition) is 7. The molecule has 0 radical (unpaired) electrons. The molecule has 3 rings (SSSR count). The molecule has 0 bridgehead atoms. The summed E-state index contributed by atoms with van der Waals surface area (Å²) >= 11 is 0. The van der Waals surface area contributed by atoms with Gasteiger partial charge in [-0.1, -0.05) is 25.5 Å². The summed E-state index contributed by atoms with van der Waals surface area (Å²) in [5.41, 5.74) is 0.625. The van der Waals surface area contributed by atoms with Gasteiger partial charge in [-0.05, 0) is 18.6 Å². The van der Waals surface area contributed by atoms with Crippen LogP contribution in [0.4, 0.5) is 0 Å². The van der Waals surface area contributed by atoms with E-state index in [2.05, 4.69) is 20.4 Å². The second-order valence-corrected chi connectivity index (χ2v) is 6.68. The molecule has 2 aromatic rings. The number of aromatic nitrogens is 1. The number of amides is 2. The highest BCUT2D eigenvalue weighted by Crippen LogP contribution is 2.23. The Kier molecular flexibility index (Phi) is 9.53. The van der Waals surface area contributed by atoms with E-state index in [1.54, 1.807) is 29.2 Å². The quantitative estimate of drug-likeness (QED) is 0.456. The highest BCUT2D eigenvalue weighted by Gasteiger charge is 2.18. The Morgan fingerprint density at radius 3 is 2.73 bits per heavy atom. The number of carbonyl (C=O) groups is 3. The number of benzene rings is 1. The Morgan fingerprint density at radius 1 is 1.30 bits per heavy atom. The molecule has 0 saturated carbocycles. The minimum absolute atomic E-state index is 0.00539. The van der Waals surface area contributed by atoms with Gasteiger partial charge in [-0.3, -0.25) is 14.4 Å². The molecule has 9 heteroatoms. The summed E-state index contributed by atoms with van der Waals surface area (Å²) in [4.78, 5) is 39.6. The summed E-state index contributed by atoms with van der Waals surface area (Å²) < 4.78 is 4.39. The molecule has 30 heavy (non-hydrogen) atoms. The van der Waals surface area contributed by atoms with Crippen LogP contribution in [0.25, 0.3) is 10.9 Å². The average molecular weight is 416 g/mol. The molecule has 1 aliphatic rings. The molecule has 1 aliphatic heterocycles. The van der Waals surface area contributed by atoms with Gasteiger partial charge < -0.3 is 25.4 Å². The van der Waals surface area contributed by atoms with Crippen molar-refractivity contribution in [2.45, 2.75) is 19.8 Å². The van der Waals surface area contributed by atoms with Crippen molar-refractivity contribution < 1.29 is 24.2 Å². The predicted molar refractivity (Wildman–Crippen MR) is 112 cm³/mol. The van der Waals surface area contributed by atoms with E-state index in [9.17, 15) is 19.5 Å². The third-order valence-electron chi connectivity index (χ3n) is 4.48. The van der Waals surface area contributed by atoms with Crippen LogP contribution >= 0.6 is 0 Å². The van der Waals surface area contributed by atoms with E-state index in [-0.39, 0.29) is 23.9 Å². The lowest BCUT2D eigenvalue weighted by molar-refractivity contribution is -0.130. The summed E-state index contributed by atoms with van der Waals surface area (Å²) in [5, 5.41) is 16.3. The van der Waals surface area contributed by atoms with Crippen LogP contribution in [-0.2, 0) is 14.3 Å². The van der Waals surface area contributed by atoms with Gasteiger partial charge in [0.1, 0.15) is 11.4 Å². The van der Waals surface area contributed by atoms with E-state index in [1.165, 1.54) is 6.07 Å². The van der Waals surface area contributed by atoms with E-state index >= 15 is 0 Å². The topological polar surface area (TPSA) is 121 Å². The van der Waals surface area contributed by atoms with Gasteiger partial charge in [0.15, 0.2) is 0 Å². The van der Waals surface area contributed by atoms with Gasteiger partial charge in [-0.25, -0.2) is 4.98 Å². The van der Waals surface area contributed by atoms with Crippen LogP contribution in [0.15, 0.2) is 30.3 Å². The first-order valence-electron chi connectivity index (χ1n) is 9.97. The lowest BCUT2D eigenvalue weighted by Crippen LogP contribution is -2.49. The van der Waals surface area contributed by atoms with E-state index in [0.29, 0.717) is 37.1 Å². The van der Waals surface area contributed by atoms with Gasteiger partial charge in [0.25, 0.3) is 12.4 Å². The van der Waals surface area contributed by atoms with Crippen molar-refractivity contribution in [1.82, 2.24) is 20.5 Å². The minimum Gasteiger partial charge on any atom is -0.507 e. The summed E-state index contributed by atoms with van der Waals surface area (Å²) in [7, 11) is 0. The van der Waals surface area contributed by atoms with Crippen molar-refractivity contribution in [2.24, 2.45) is 0 Å². The molecule has 1 aromatic heterocycles. The number of carbonyl (C=O) groups excluding carboxylic acids is 3. The number of ether oxygens (including phenoxy) is 1. The van der Waals surface area contributed by atoms with Crippen molar-refractivity contribution in [3.8, 4) is 5.75 Å². The first-order chi connectivity index (χ1) is 14.6. The van der Waals surface area contributed by atoms with Crippen LogP contribution < -0.4 is 10.6 Å². The Labute approximate surface area is 175 Å². The second kappa shape index (κ2) is 12.4. The molecule has 2 amide bonds. The van der Waals surface area contributed by atoms with Crippen LogP contribution in [0.1, 0.15) is 30.3 Å². The molecule has 9 nitrogen and oxygen atoms in total. The van der Waals surface area contributed by atoms with Gasteiger partial charge in [0.05, 0.1) is 18.7 Å². The van der Waals surface area contributed by atoms with Crippen molar-refractivity contribution >= 4 is 29.2 Å². The lowest BCUT2D eigenvalue weighted by Gasteiger charge is -2.27. The van der Waals surface area contributed by atoms with E-state index in [4.69, 9.17) is 0 Å². The number of hydrogen-bond donors (Lipinski definition) is 3. The predicted octanol–water partition coefficient (Wildman–Crippen LogP) is 1.06. The monoisotopic (exact) mass is 416 g/mol. The summed E-state index contributed by atoms with van der Waals surface area (Å²) in [5.74, 6) is -0.603. The zero-order valence-corrected chi connectivity index (χ0v) is 17.1. The third kappa shape index (κ3) is 7.00. The van der Waals surface area contributed by atoms with Gasteiger partial charge >= 0.3 is 0 Å². The van der Waals surface area contributed by atoms with E-state index < -0.39 is 5.91 Å². The zero-order valence-electron chi connectivity index (χ0n) is 17.1. The molecule has 162 valence electrons. The van der Waals surface area contributed by atoms with Crippen molar-refractivity contribution in [2.75, 3.05) is 39.3 Å². The molecule has 1 fully saturated rings. The first-order valence-corrected chi connectivity index (χ1v) is 9.97. The summed E-state index contributed by atoms with van der Waals surface area (Å²) in [6.45, 7) is 5.84. The van der Waals surface area contributed by atoms with Gasteiger partial charge in [-0.2, -0.15) is 0 Å². The number of aromatic hydroxyl groups is 1. The number of para-hydroxylation sites is 1. The molecule has 1 saturated heterocycles. The number of fused-ring (bicyclic) bond motifs is 1. The fourth-order valence-corrected chi connectivity index (χ4v) is 2.82. The molecule has 0 spiro atoms. The molecule has 2 heterocycles. The molecule has 1 aromatic carbocycles. The molecule has 0 atom stereocenters. The Bertz CT molecular complexity index is 852. The van der Waals surface area contributed by atoms with Crippen molar-refractivity contribution in [3.05, 3.63) is 36.0 Å². The maximum atomic E-state index is 12.2. The Balaban J connectivity index is 0.000000396. The number of unbranched alkanes of at least 4 members (excludes halogenated alkanes) is 1. The minimum atomic E-state index is -0.477. The van der Waals surface area contributed by atoms with Gasteiger partial charge in [0, 0.05) is 37.6 Å². The maximum Gasteiger partial charge on any atom is 0.293 e. The standard InChI is InChI=1S/C16H18N4O3.C5H10O2/c21-14-9-13(19-12-4-2-1-3-11(12)14)16(23)18-10-15(22)20-7-5-17-6-8-20;1-2-3-4-7-5-6/h1-4,9,17H,5-8,10H2,(H,18,23)(H,19,21);5H,2-4H2,1H3. The lowest BCUT2D eigenvalue weighted by atomic mass is 10.2. The maximum absolute atomic E-state index is 12.2. The van der Waals surface area contributed by atoms with E-state index in [0.717, 1.165) is 25.9 Å². The molecule has 0 unspecified atom stereocenters. The Morgan fingerprint density at radius 2 is 2.03 bits per heavy atom. The average Bonchev–Trinajstić information content (AvgIpc) is 2.78. The fourth-order valence-electron chi connectivity index (χ4n) is 2.82. The highest BCUT2D eigenvalue weighted by atomic mass is 16.5. The van der Waals surface area contributed by atoms with E-state index in [1.807, 2.05) is 6.92 Å². The largest absolute Gasteiger partial charge is 0.507 e. The zero-order chi connectivity index (χ0) is 21.8. The SMILES string of the molecule is CCCCOC=O.O=C(NCC(=O)N1CCNCC1)c1cc(O)c2ccccc2n1. The highest BCUT2D eigenvalue weighted by molar-refractivity contribution is 5.98. The molecular formula is C21H28N4O5. The van der Waals surface area contributed by atoms with Gasteiger partial charge in [0.2, 0.25) is 5.91 Å². The molecule has 3 N–H and O–H groups in total. The van der Waals surface area contributed by atoms with Crippen LogP contribution in [0.2, 0.25) is 0 Å². The number of piperazine rings is 1. The number of rotatable bonds is 7. The normalized spacial score (nSPS) is 13.2. The number of pyridine rings is 1. The smallest absolute Gasteiger partial charge is 0.293 e. The Hall–Kier alpha value is -3.20. The first kappa shape index (κ1) is 23.1. The van der Waals surface area contributed by atoms with Crippen LogP contribution in [0, 0.1) is 0 Å². The van der Waals surface area contributed by atoms with Gasteiger partial charge in [-0.15, -0.1) is 0 Å². The summed E-state index contributed by atoms with van der Waals surface area (Å²) in [6.07, 6.45) is 2.05. The molecular weight excluding hydrogens is 388 g/mol. The number of nitrogens with zero attached hydrogens (tertiary/aromatic N) is 2. The van der Waals surface area contributed by atoms with Crippen LogP contribution in [0.3, 0.4) is 0 Å². The molecule has 0 aliphatic carbocycles. The fraction of sp³-hybridized carbons (Fsp3) is 0.429. The van der Waals surface area contributed by atoms with Crippen molar-refractivity contribution in [1.29, 1.82) is 0 Å². The number of nitrogens with one attached hydrogen (secondary N) is 2. The third-order valence-corrected chi connectivity index (χ3v) is 4.48. The van der Waals surface area contributed by atoms with Crippen molar-refractivity contribution in [3.63, 3.8) is 0 Å².